The molecular weight excluding hydrogens is 809 g/mol. The van der Waals surface area contributed by atoms with Crippen LogP contribution in [0.3, 0.4) is 0 Å². The van der Waals surface area contributed by atoms with Crippen LogP contribution in [0.2, 0.25) is 0 Å². The lowest BCUT2D eigenvalue weighted by Crippen LogP contribution is -2.61. The molecule has 2 heterocycles. The number of aliphatic carboxylic acids is 1. The van der Waals surface area contributed by atoms with Gasteiger partial charge in [-0.2, -0.15) is 0 Å². The molecule has 4 rings (SSSR count). The normalized spacial score (nSPS) is 22.6. The van der Waals surface area contributed by atoms with Crippen LogP contribution in [0.15, 0.2) is 54.7 Å². The highest BCUT2D eigenvalue weighted by atomic mass is 16.4. The Morgan fingerprint density at radius 3 is 2.19 bits per heavy atom. The van der Waals surface area contributed by atoms with Gasteiger partial charge < -0.3 is 52.0 Å². The molecule has 1 aliphatic heterocycles. The van der Waals surface area contributed by atoms with Gasteiger partial charge in [-0.1, -0.05) is 84.7 Å². The number of H-pyrrole nitrogens is 1. The minimum Gasteiger partial charge on any atom is -0.508 e. The number of amides is 7. The van der Waals surface area contributed by atoms with Gasteiger partial charge in [0.15, 0.2) is 0 Å². The zero-order chi connectivity index (χ0) is 46.4. The molecule has 0 saturated carbocycles. The number of urea groups is 1. The number of hydrogen-bond donors (Lipinski definition) is 9. The van der Waals surface area contributed by atoms with Crippen molar-refractivity contribution in [1.29, 1.82) is 0 Å². The Morgan fingerprint density at radius 2 is 1.54 bits per heavy atom. The predicted molar refractivity (Wildman–Crippen MR) is 238 cm³/mol. The quantitative estimate of drug-likeness (QED) is 0.122. The first kappa shape index (κ1) is 49.5. The minimum absolute atomic E-state index is 0.0128. The van der Waals surface area contributed by atoms with Gasteiger partial charge in [-0.3, -0.25) is 24.0 Å². The molecule has 344 valence electrons. The Hall–Kier alpha value is -6.13. The van der Waals surface area contributed by atoms with Gasteiger partial charge in [-0.25, -0.2) is 9.59 Å². The van der Waals surface area contributed by atoms with E-state index < -0.39 is 89.6 Å². The standard InChI is InChI=1S/C46H66N8O9/c1-8-27(5)38-43(59)50-36(21-26(3)4)44(60)54(7)37(23-30-25-48-33-19-18-31(55)24-32(30)33)42(58)49-35(22-29-15-11-10-12-16-29)40(56)47-20-14-13-17-34(41(57)52-38)51-46(63)53-39(45(61)62)28(6)9-2/h10-12,15-16,18-19,24-28,34-39,48,55H,8-9,13-14,17,20-23H2,1-7H3,(H,47,56)(H,49,58)(H,50,59)(H,52,57)(H,61,62)(H2,51,53,63)/t27-,28?,34-,35-,36?,37?,38+,39?/m0/s1. The molecule has 0 spiro atoms. The van der Waals surface area contributed by atoms with E-state index in [1.807, 2.05) is 51.1 Å². The summed E-state index contributed by atoms with van der Waals surface area (Å²) in [5.74, 6) is -5.16. The fourth-order valence-corrected chi connectivity index (χ4v) is 7.69. The Bertz CT molecular complexity index is 2060. The lowest BCUT2D eigenvalue weighted by molar-refractivity contribution is -0.143. The average Bonchev–Trinajstić information content (AvgIpc) is 3.65. The van der Waals surface area contributed by atoms with E-state index in [0.29, 0.717) is 42.1 Å². The largest absolute Gasteiger partial charge is 0.508 e. The fraction of sp³-hybridized carbons (Fsp3) is 0.543. The van der Waals surface area contributed by atoms with Crippen molar-refractivity contribution in [2.75, 3.05) is 13.6 Å². The number of likely N-dealkylation sites (N-methyl/N-ethyl adjacent to an activating group) is 1. The molecule has 1 saturated heterocycles. The van der Waals surface area contributed by atoms with E-state index in [1.54, 1.807) is 39.1 Å². The molecule has 0 radical (unpaired) electrons. The third-order valence-electron chi connectivity index (χ3n) is 11.9. The van der Waals surface area contributed by atoms with E-state index in [4.69, 9.17) is 0 Å². The van der Waals surface area contributed by atoms with Crippen molar-refractivity contribution in [2.24, 2.45) is 17.8 Å². The van der Waals surface area contributed by atoms with Gasteiger partial charge in [-0.15, -0.1) is 0 Å². The summed E-state index contributed by atoms with van der Waals surface area (Å²) in [4.78, 5) is 101. The maximum Gasteiger partial charge on any atom is 0.326 e. The predicted octanol–water partition coefficient (Wildman–Crippen LogP) is 3.50. The molecule has 7 amide bonds. The molecule has 0 aliphatic carbocycles. The second-order valence-electron chi connectivity index (χ2n) is 17.2. The molecule has 1 fully saturated rings. The zero-order valence-corrected chi connectivity index (χ0v) is 37.5. The molecule has 1 aromatic heterocycles. The first-order chi connectivity index (χ1) is 29.9. The van der Waals surface area contributed by atoms with Crippen LogP contribution in [0.5, 0.6) is 5.75 Å². The number of carbonyl (C=O) groups is 7. The first-order valence-corrected chi connectivity index (χ1v) is 22.0. The summed E-state index contributed by atoms with van der Waals surface area (Å²) in [6.07, 6.45) is 3.67. The fourth-order valence-electron chi connectivity index (χ4n) is 7.69. The molecule has 0 bridgehead atoms. The van der Waals surface area contributed by atoms with Crippen molar-refractivity contribution in [1.82, 2.24) is 41.8 Å². The molecular formula is C46H66N8O9. The van der Waals surface area contributed by atoms with Crippen LogP contribution < -0.4 is 31.9 Å². The summed E-state index contributed by atoms with van der Waals surface area (Å²) >= 11 is 0. The number of fused-ring (bicyclic) bond motifs is 1. The van der Waals surface area contributed by atoms with Crippen LogP contribution in [0.4, 0.5) is 4.79 Å². The van der Waals surface area contributed by atoms with Crippen molar-refractivity contribution < 1.29 is 43.8 Å². The van der Waals surface area contributed by atoms with Gasteiger partial charge in [-0.05, 0) is 72.8 Å². The van der Waals surface area contributed by atoms with Gasteiger partial charge >= 0.3 is 12.0 Å². The molecule has 4 unspecified atom stereocenters. The zero-order valence-electron chi connectivity index (χ0n) is 37.5. The number of nitrogens with one attached hydrogen (secondary N) is 7. The van der Waals surface area contributed by atoms with Crippen LogP contribution in [0.25, 0.3) is 10.9 Å². The molecule has 17 nitrogen and oxygen atoms in total. The Balaban J connectivity index is 1.76. The van der Waals surface area contributed by atoms with Crippen molar-refractivity contribution in [3.05, 3.63) is 65.9 Å². The van der Waals surface area contributed by atoms with E-state index >= 15 is 0 Å². The first-order valence-electron chi connectivity index (χ1n) is 22.0. The van der Waals surface area contributed by atoms with Gasteiger partial charge in [0.1, 0.15) is 42.0 Å². The van der Waals surface area contributed by atoms with Crippen molar-refractivity contribution in [3.8, 4) is 5.75 Å². The minimum atomic E-state index is -1.23. The second kappa shape index (κ2) is 23.4. The molecule has 9 N–H and O–H groups in total. The van der Waals surface area contributed by atoms with Gasteiger partial charge in [0.25, 0.3) is 0 Å². The average molecular weight is 875 g/mol. The molecule has 1 aliphatic rings. The number of aromatic nitrogens is 1. The SMILES string of the molecule is CCC(C)C(NC(=O)N[C@H]1CCCCNC(=O)[C@H](Cc2ccccc2)NC(=O)C(Cc2c[nH]c3ccc(O)cc23)N(C)C(=O)C(CC(C)C)NC(=O)[C@@H]([C@@H](C)CC)NC1=O)C(=O)O. The third kappa shape index (κ3) is 13.9. The molecule has 8 atom stereocenters. The van der Waals surface area contributed by atoms with E-state index in [9.17, 15) is 43.8 Å². The Morgan fingerprint density at radius 1 is 0.841 bits per heavy atom. The smallest absolute Gasteiger partial charge is 0.326 e. The number of aromatic hydroxyl groups is 1. The molecule has 17 heteroatoms. The maximum atomic E-state index is 14.7. The highest BCUT2D eigenvalue weighted by Crippen LogP contribution is 2.25. The van der Waals surface area contributed by atoms with Gasteiger partial charge in [0.05, 0.1) is 0 Å². The van der Waals surface area contributed by atoms with Crippen molar-refractivity contribution in [3.63, 3.8) is 0 Å². The summed E-state index contributed by atoms with van der Waals surface area (Å²) in [6.45, 7) is 11.0. The topological polar surface area (TPSA) is 251 Å². The Labute approximate surface area is 369 Å². The summed E-state index contributed by atoms with van der Waals surface area (Å²) in [5, 5.41) is 37.4. The van der Waals surface area contributed by atoms with Crippen molar-refractivity contribution >= 4 is 52.4 Å². The third-order valence-corrected chi connectivity index (χ3v) is 11.9. The number of phenolic OH excluding ortho intramolecular Hbond substituents is 1. The number of carbonyl (C=O) groups excluding carboxylic acids is 6. The van der Waals surface area contributed by atoms with Gasteiger partial charge in [0.2, 0.25) is 29.5 Å². The number of benzene rings is 2. The summed E-state index contributed by atoms with van der Waals surface area (Å²) in [6, 6.07) is 6.10. The second-order valence-corrected chi connectivity index (χ2v) is 17.2. The summed E-state index contributed by atoms with van der Waals surface area (Å²) in [7, 11) is 1.47. The van der Waals surface area contributed by atoms with E-state index in [0.717, 1.165) is 5.56 Å². The maximum absolute atomic E-state index is 14.7. The highest BCUT2D eigenvalue weighted by Gasteiger charge is 2.38. The monoisotopic (exact) mass is 874 g/mol. The number of nitrogens with zero attached hydrogens (tertiary/aromatic N) is 1. The number of carboxylic acid groups (broad SMARTS) is 1. The lowest BCUT2D eigenvalue weighted by atomic mass is 9.95. The van der Waals surface area contributed by atoms with Crippen LogP contribution in [-0.2, 0) is 41.6 Å². The number of aromatic amines is 1. The number of hydrogen-bond acceptors (Lipinski definition) is 8. The summed E-state index contributed by atoms with van der Waals surface area (Å²) < 4.78 is 0. The van der Waals surface area contributed by atoms with Crippen LogP contribution in [0.1, 0.15) is 91.2 Å². The molecule has 2 aromatic carbocycles. The number of rotatable bonds is 13. The highest BCUT2D eigenvalue weighted by molar-refractivity contribution is 5.97. The molecule has 63 heavy (non-hydrogen) atoms. The van der Waals surface area contributed by atoms with Crippen LogP contribution >= 0.6 is 0 Å². The van der Waals surface area contributed by atoms with Crippen LogP contribution in [0, 0.1) is 17.8 Å². The number of carboxylic acids is 1. The Kier molecular flexibility index (Phi) is 18.4. The van der Waals surface area contributed by atoms with Crippen molar-refractivity contribution in [2.45, 2.75) is 129 Å². The lowest BCUT2D eigenvalue weighted by Gasteiger charge is -2.33. The van der Waals surface area contributed by atoms with Gasteiger partial charge in [0, 0.05) is 43.5 Å². The van der Waals surface area contributed by atoms with E-state index in [2.05, 4.69) is 36.9 Å². The number of phenols is 1. The van der Waals surface area contributed by atoms with Crippen LogP contribution in [-0.4, -0.2) is 111 Å². The van der Waals surface area contributed by atoms with E-state index in [1.165, 1.54) is 18.0 Å². The molecule has 3 aromatic rings. The van der Waals surface area contributed by atoms with E-state index in [-0.39, 0.29) is 43.9 Å². The summed E-state index contributed by atoms with van der Waals surface area (Å²) in [5.41, 5.74) is 2.10.